The second kappa shape index (κ2) is 20.5. The van der Waals surface area contributed by atoms with Crippen LogP contribution in [0.5, 0.6) is 0 Å². The molecule has 0 radical (unpaired) electrons. The number of ketones is 1. The Kier molecular flexibility index (Phi) is 17.4. The van der Waals surface area contributed by atoms with Crippen molar-refractivity contribution in [1.29, 1.82) is 0 Å². The molecule has 1 fully saturated rings. The maximum absolute atomic E-state index is 13.6. The van der Waals surface area contributed by atoms with Crippen molar-refractivity contribution in [2.24, 2.45) is 35.3 Å². The molecule has 0 aliphatic carbocycles. The highest BCUT2D eigenvalue weighted by atomic mass is 16.7. The minimum Gasteiger partial charge on any atom is -0.462 e. The summed E-state index contributed by atoms with van der Waals surface area (Å²) < 4.78 is 29.8. The molecule has 0 aromatic carbocycles. The minimum atomic E-state index is -1.80. The van der Waals surface area contributed by atoms with Crippen molar-refractivity contribution in [3.63, 3.8) is 0 Å². The Hall–Kier alpha value is -2.65. The van der Waals surface area contributed by atoms with E-state index in [1.54, 1.807) is 20.8 Å². The number of carbonyl (C=O) groups is 3. The number of allylic oxidation sites excluding steroid dienone is 1. The van der Waals surface area contributed by atoms with Crippen LogP contribution in [0.15, 0.2) is 35.5 Å². The molecule has 15 atom stereocenters. The summed E-state index contributed by atoms with van der Waals surface area (Å²) in [5.41, 5.74) is 7.05. The van der Waals surface area contributed by atoms with Crippen LogP contribution < -0.4 is 5.73 Å². The zero-order valence-corrected chi connectivity index (χ0v) is 33.7. The Bertz CT molecular complexity index is 1350. The highest BCUT2D eigenvalue weighted by Crippen LogP contribution is 2.36. The van der Waals surface area contributed by atoms with Crippen LogP contribution in [0.3, 0.4) is 0 Å². The molecule has 0 spiro atoms. The van der Waals surface area contributed by atoms with Gasteiger partial charge in [0.15, 0.2) is 12.1 Å². The Balaban J connectivity index is 1.94. The zero-order valence-electron chi connectivity index (χ0n) is 33.7. The zero-order chi connectivity index (χ0) is 40.5. The summed E-state index contributed by atoms with van der Waals surface area (Å²) in [4.78, 5) is 37.5. The Labute approximate surface area is 321 Å². The fourth-order valence-electron chi connectivity index (χ4n) is 7.99. The minimum absolute atomic E-state index is 0.0364. The molecular formula is C41H67NO12. The van der Waals surface area contributed by atoms with E-state index in [1.165, 1.54) is 0 Å². The van der Waals surface area contributed by atoms with E-state index in [0.29, 0.717) is 32.1 Å². The third-order valence-electron chi connectivity index (χ3n) is 11.5. The lowest BCUT2D eigenvalue weighted by atomic mass is 9.78. The van der Waals surface area contributed by atoms with E-state index in [-0.39, 0.29) is 30.5 Å². The lowest BCUT2D eigenvalue weighted by Crippen LogP contribution is -2.50. The number of fused-ring (bicyclic) bond motifs is 2. The van der Waals surface area contributed by atoms with Crippen molar-refractivity contribution in [2.45, 2.75) is 175 Å². The Morgan fingerprint density at radius 2 is 1.72 bits per heavy atom. The van der Waals surface area contributed by atoms with E-state index in [9.17, 15) is 34.8 Å². The van der Waals surface area contributed by atoms with Gasteiger partial charge in [-0.1, -0.05) is 65.8 Å². The number of cyclic esters (lactones) is 1. The van der Waals surface area contributed by atoms with Gasteiger partial charge in [-0.2, -0.15) is 0 Å². The maximum Gasteiger partial charge on any atom is 0.404 e. The number of aliphatic hydroxyl groups excluding tert-OH is 3. The van der Waals surface area contributed by atoms with Crippen LogP contribution in [0, 0.1) is 29.6 Å². The molecule has 3 heterocycles. The van der Waals surface area contributed by atoms with Gasteiger partial charge in [-0.25, -0.2) is 4.79 Å². The molecule has 1 amide bonds. The van der Waals surface area contributed by atoms with Crippen molar-refractivity contribution >= 4 is 17.8 Å². The Morgan fingerprint density at radius 1 is 1.06 bits per heavy atom. The molecule has 308 valence electrons. The molecule has 13 nitrogen and oxygen atoms in total. The molecule has 1 saturated heterocycles. The first kappa shape index (κ1) is 45.7. The molecule has 6 N–H and O–H groups in total. The quantitative estimate of drug-likeness (QED) is 0.147. The predicted molar refractivity (Wildman–Crippen MR) is 201 cm³/mol. The van der Waals surface area contributed by atoms with Crippen LogP contribution in [0.2, 0.25) is 0 Å². The lowest BCUT2D eigenvalue weighted by molar-refractivity contribution is -0.254. The molecule has 54 heavy (non-hydrogen) atoms. The van der Waals surface area contributed by atoms with Crippen LogP contribution in [0.25, 0.3) is 0 Å². The van der Waals surface area contributed by atoms with Gasteiger partial charge in [-0.05, 0) is 69.4 Å². The lowest BCUT2D eigenvalue weighted by Gasteiger charge is -2.39. The SMILES string of the molecule is CCC(=O)[C@@H](C)[C@@H](O)[C@H](C)C[C@@H](C)C1OC(=O)C[C@@]2(O)CC=C(C)[C@H](O2)/C(C)=C\CCCC(O[C@H]2C[C@@H](OC(N)=O)[C@H](O)[C@@H](C)O2)/C=C/[C@H](C)C(O)[C@H]1C. The van der Waals surface area contributed by atoms with E-state index in [1.807, 2.05) is 65.8 Å². The second-order valence-electron chi connectivity index (χ2n) is 16.1. The third-order valence-corrected chi connectivity index (χ3v) is 11.5. The summed E-state index contributed by atoms with van der Waals surface area (Å²) in [6, 6.07) is 0. The number of hydrogen-bond acceptors (Lipinski definition) is 12. The standard InChI is InChI=1S/C41H67NO12/c1-10-31(43)27(7)36(46)25(5)19-26(6)39-28(8)35(45)22(2)15-16-30(51-34-20-32(52-40(42)48)37(47)29(9)50-34)14-12-11-13-23(3)38-24(4)17-18-41(49,54-38)21-33(44)53-39/h13,15-17,22,25-30,32,34-39,45-47,49H,10-12,14,18-21H2,1-9H3,(H2,42,48)/b16-15+,23-13-/t22-,25+,26+,27+,28+,29+,30?,32+,34-,35?,36-,37+,38+,39?,41+/m0/s1. The highest BCUT2D eigenvalue weighted by molar-refractivity contribution is 5.80. The largest absolute Gasteiger partial charge is 0.462 e. The summed E-state index contributed by atoms with van der Waals surface area (Å²) in [6.07, 6.45) is 1.87. The molecular weight excluding hydrogens is 698 g/mol. The first-order valence-corrected chi connectivity index (χ1v) is 19.7. The first-order valence-electron chi connectivity index (χ1n) is 19.7. The number of hydrogen-bond donors (Lipinski definition) is 5. The highest BCUT2D eigenvalue weighted by Gasteiger charge is 2.42. The second-order valence-corrected chi connectivity index (χ2v) is 16.1. The molecule has 0 aromatic rings. The van der Waals surface area contributed by atoms with Crippen molar-refractivity contribution in [3.8, 4) is 0 Å². The fourth-order valence-corrected chi connectivity index (χ4v) is 7.99. The fraction of sp³-hybridized carbons (Fsp3) is 0.780. The number of Topliss-reactive ketones (excluding diaryl/α,β-unsaturated/α-hetero) is 1. The number of esters is 1. The molecule has 3 rings (SSSR count). The number of rotatable bonds is 10. The monoisotopic (exact) mass is 765 g/mol. The summed E-state index contributed by atoms with van der Waals surface area (Å²) in [5.74, 6) is -4.73. The molecule has 13 heteroatoms. The number of nitrogens with two attached hydrogens (primary N) is 1. The van der Waals surface area contributed by atoms with E-state index >= 15 is 0 Å². The average Bonchev–Trinajstić information content (AvgIpc) is 3.11. The van der Waals surface area contributed by atoms with Gasteiger partial charge in [0.05, 0.1) is 30.8 Å². The van der Waals surface area contributed by atoms with Crippen LogP contribution in [-0.2, 0) is 33.3 Å². The molecule has 2 bridgehead atoms. The van der Waals surface area contributed by atoms with Crippen molar-refractivity contribution in [1.82, 2.24) is 0 Å². The first-order chi connectivity index (χ1) is 25.3. The van der Waals surface area contributed by atoms with Crippen LogP contribution in [0.1, 0.15) is 114 Å². The topological polar surface area (TPSA) is 204 Å². The molecule has 3 aliphatic heterocycles. The number of primary amides is 1. The molecule has 3 aliphatic rings. The molecule has 3 unspecified atom stereocenters. The van der Waals surface area contributed by atoms with Gasteiger partial charge in [0.2, 0.25) is 0 Å². The van der Waals surface area contributed by atoms with Crippen molar-refractivity contribution in [2.75, 3.05) is 0 Å². The normalized spacial score (nSPS) is 38.5. The number of carbonyl (C=O) groups excluding carboxylic acids is 3. The number of amides is 1. The summed E-state index contributed by atoms with van der Waals surface area (Å²) >= 11 is 0. The van der Waals surface area contributed by atoms with Gasteiger partial charge in [0.25, 0.3) is 0 Å². The summed E-state index contributed by atoms with van der Waals surface area (Å²) in [6.45, 7) is 16.4. The number of aliphatic hydroxyl groups is 4. The smallest absolute Gasteiger partial charge is 0.404 e. The van der Waals surface area contributed by atoms with Gasteiger partial charge in [-0.15, -0.1) is 0 Å². The number of ether oxygens (including phenoxy) is 5. The maximum atomic E-state index is 13.6. The Morgan fingerprint density at radius 3 is 2.37 bits per heavy atom. The van der Waals surface area contributed by atoms with E-state index in [4.69, 9.17) is 29.4 Å². The van der Waals surface area contributed by atoms with Crippen LogP contribution in [-0.4, -0.2) is 99.2 Å². The van der Waals surface area contributed by atoms with Crippen molar-refractivity contribution in [3.05, 3.63) is 35.5 Å². The van der Waals surface area contributed by atoms with Gasteiger partial charge >= 0.3 is 12.1 Å². The summed E-state index contributed by atoms with van der Waals surface area (Å²) in [7, 11) is 0. The van der Waals surface area contributed by atoms with Gasteiger partial charge in [0, 0.05) is 37.0 Å². The van der Waals surface area contributed by atoms with E-state index in [2.05, 4.69) is 0 Å². The van der Waals surface area contributed by atoms with Gasteiger partial charge < -0.3 is 49.8 Å². The third kappa shape index (κ3) is 12.7. The van der Waals surface area contributed by atoms with Crippen LogP contribution >= 0.6 is 0 Å². The van der Waals surface area contributed by atoms with E-state index < -0.39 is 97.1 Å². The predicted octanol–water partition coefficient (Wildman–Crippen LogP) is 5.01. The van der Waals surface area contributed by atoms with Crippen LogP contribution in [0.4, 0.5) is 4.79 Å². The molecule has 0 aromatic heterocycles. The average molecular weight is 766 g/mol. The van der Waals surface area contributed by atoms with Crippen molar-refractivity contribution < 1.29 is 58.5 Å². The van der Waals surface area contributed by atoms with Gasteiger partial charge in [-0.3, -0.25) is 9.59 Å². The van der Waals surface area contributed by atoms with Gasteiger partial charge in [0.1, 0.15) is 30.2 Å². The molecule has 0 saturated carbocycles. The summed E-state index contributed by atoms with van der Waals surface area (Å²) in [5, 5.41) is 44.8. The van der Waals surface area contributed by atoms with E-state index in [0.717, 1.165) is 11.1 Å².